The number of ether oxygens (including phenoxy) is 1. The molecule has 0 aliphatic heterocycles. The van der Waals surface area contributed by atoms with Gasteiger partial charge in [-0.1, -0.05) is 36.4 Å². The number of nitrogens with zero attached hydrogens (tertiary/aromatic N) is 1. The zero-order valence-corrected chi connectivity index (χ0v) is 15.0. The van der Waals surface area contributed by atoms with Gasteiger partial charge in [0.25, 0.3) is 5.91 Å². The maximum atomic E-state index is 12.2. The molecule has 3 aromatic carbocycles. The fraction of sp³-hybridized carbons (Fsp3) is 0.143. The molecule has 0 fully saturated rings. The van der Waals surface area contributed by atoms with Crippen molar-refractivity contribution in [2.45, 2.75) is 13.0 Å². The van der Waals surface area contributed by atoms with Crippen molar-refractivity contribution < 1.29 is 19.7 Å². The topological polar surface area (TPSA) is 91.2 Å². The van der Waals surface area contributed by atoms with Crippen LogP contribution in [0.15, 0.2) is 59.7 Å². The van der Waals surface area contributed by atoms with Crippen molar-refractivity contribution in [1.82, 2.24) is 5.43 Å². The number of hydrogen-bond donors (Lipinski definition) is 3. The Morgan fingerprint density at radius 3 is 2.59 bits per heavy atom. The van der Waals surface area contributed by atoms with Crippen LogP contribution in [0.5, 0.6) is 11.5 Å². The summed E-state index contributed by atoms with van der Waals surface area (Å²) in [5.74, 6) is -0.247. The number of phenolic OH excluding ortho intramolecular Hbond substituents is 1. The third-order valence-electron chi connectivity index (χ3n) is 4.25. The number of aromatic hydroxyl groups is 1. The number of benzene rings is 3. The highest BCUT2D eigenvalue weighted by Crippen LogP contribution is 2.27. The molecule has 0 spiro atoms. The van der Waals surface area contributed by atoms with E-state index in [4.69, 9.17) is 4.74 Å². The van der Waals surface area contributed by atoms with E-state index in [0.29, 0.717) is 5.56 Å². The smallest absolute Gasteiger partial charge is 0.271 e. The number of phenols is 1. The van der Waals surface area contributed by atoms with Crippen LogP contribution in [0.1, 0.15) is 34.5 Å². The van der Waals surface area contributed by atoms with Crippen molar-refractivity contribution >= 4 is 22.9 Å². The summed E-state index contributed by atoms with van der Waals surface area (Å²) in [6, 6.07) is 15.7. The third kappa shape index (κ3) is 3.91. The molecule has 1 amide bonds. The average Bonchev–Trinajstić information content (AvgIpc) is 2.68. The SMILES string of the molecule is COc1cc(C(=O)N/N=C/c2ccc(C(C)O)c3ccccc23)ccc1O. The van der Waals surface area contributed by atoms with Crippen LogP contribution < -0.4 is 10.2 Å². The van der Waals surface area contributed by atoms with E-state index in [1.54, 1.807) is 13.1 Å². The molecule has 6 heteroatoms. The summed E-state index contributed by atoms with van der Waals surface area (Å²) in [7, 11) is 1.41. The lowest BCUT2D eigenvalue weighted by atomic mass is 9.97. The molecule has 1 atom stereocenters. The molecule has 3 aromatic rings. The summed E-state index contributed by atoms with van der Waals surface area (Å²) >= 11 is 0. The Bertz CT molecular complexity index is 1010. The minimum absolute atomic E-state index is 0.0396. The number of carbonyl (C=O) groups is 1. The van der Waals surface area contributed by atoms with Gasteiger partial charge >= 0.3 is 0 Å². The van der Waals surface area contributed by atoms with Gasteiger partial charge in [-0.3, -0.25) is 4.79 Å². The van der Waals surface area contributed by atoms with Crippen molar-refractivity contribution in [2.75, 3.05) is 7.11 Å². The number of nitrogens with one attached hydrogen (secondary N) is 1. The van der Waals surface area contributed by atoms with E-state index in [9.17, 15) is 15.0 Å². The Kier molecular flexibility index (Phi) is 5.38. The minimum Gasteiger partial charge on any atom is -0.504 e. The second kappa shape index (κ2) is 7.88. The average molecular weight is 364 g/mol. The molecule has 1 unspecified atom stereocenters. The predicted octanol–water partition coefficient (Wildman–Crippen LogP) is 3.37. The van der Waals surface area contributed by atoms with Gasteiger partial charge in [-0.2, -0.15) is 5.10 Å². The standard InChI is InChI=1S/C21H20N2O4/c1-13(24)16-9-7-15(17-5-3-4-6-18(16)17)12-22-23-21(26)14-8-10-19(25)20(11-14)27-2/h3-13,24-25H,1-2H3,(H,23,26)/b22-12+. The second-order valence-corrected chi connectivity index (χ2v) is 6.05. The lowest BCUT2D eigenvalue weighted by Crippen LogP contribution is -2.17. The van der Waals surface area contributed by atoms with Gasteiger partial charge in [0.1, 0.15) is 0 Å². The molecule has 0 aromatic heterocycles. The van der Waals surface area contributed by atoms with Gasteiger partial charge in [0.15, 0.2) is 11.5 Å². The Balaban J connectivity index is 1.83. The van der Waals surface area contributed by atoms with Crippen LogP contribution in [-0.4, -0.2) is 29.4 Å². The number of aliphatic hydroxyl groups is 1. The number of aliphatic hydroxyl groups excluding tert-OH is 1. The van der Waals surface area contributed by atoms with E-state index < -0.39 is 12.0 Å². The van der Waals surface area contributed by atoms with E-state index in [-0.39, 0.29) is 11.5 Å². The first-order valence-electron chi connectivity index (χ1n) is 8.41. The molecule has 3 rings (SSSR count). The van der Waals surface area contributed by atoms with Crippen LogP contribution in [-0.2, 0) is 0 Å². The van der Waals surface area contributed by atoms with Crippen molar-refractivity contribution in [3.8, 4) is 11.5 Å². The van der Waals surface area contributed by atoms with Crippen LogP contribution in [0.4, 0.5) is 0 Å². The van der Waals surface area contributed by atoms with Crippen LogP contribution in [0.25, 0.3) is 10.8 Å². The molecule has 0 aliphatic rings. The van der Waals surface area contributed by atoms with Crippen molar-refractivity contribution in [3.05, 3.63) is 71.3 Å². The summed E-state index contributed by atoms with van der Waals surface area (Å²) in [5.41, 5.74) is 4.43. The Labute approximate surface area is 156 Å². The maximum absolute atomic E-state index is 12.2. The number of hydrazone groups is 1. The van der Waals surface area contributed by atoms with E-state index in [0.717, 1.165) is 21.9 Å². The monoisotopic (exact) mass is 364 g/mol. The molecule has 0 heterocycles. The first-order chi connectivity index (χ1) is 13.0. The van der Waals surface area contributed by atoms with E-state index in [2.05, 4.69) is 10.5 Å². The maximum Gasteiger partial charge on any atom is 0.271 e. The first kappa shape index (κ1) is 18.4. The first-order valence-corrected chi connectivity index (χ1v) is 8.41. The molecule has 27 heavy (non-hydrogen) atoms. The van der Waals surface area contributed by atoms with Gasteiger partial charge < -0.3 is 14.9 Å². The molecular formula is C21H20N2O4. The molecule has 0 saturated heterocycles. The van der Waals surface area contributed by atoms with Crippen molar-refractivity contribution in [1.29, 1.82) is 0 Å². The van der Waals surface area contributed by atoms with E-state index in [1.165, 1.54) is 25.3 Å². The van der Waals surface area contributed by atoms with Gasteiger partial charge in [-0.05, 0) is 41.5 Å². The van der Waals surface area contributed by atoms with E-state index in [1.807, 2.05) is 36.4 Å². The minimum atomic E-state index is -0.579. The lowest BCUT2D eigenvalue weighted by molar-refractivity contribution is 0.0954. The normalized spacial score (nSPS) is 12.3. The Morgan fingerprint density at radius 1 is 1.15 bits per heavy atom. The number of rotatable bonds is 5. The van der Waals surface area contributed by atoms with Crippen LogP contribution in [0, 0.1) is 0 Å². The molecule has 0 bridgehead atoms. The van der Waals surface area contributed by atoms with Gasteiger partial charge in [0.2, 0.25) is 0 Å². The zero-order valence-electron chi connectivity index (χ0n) is 15.0. The van der Waals surface area contributed by atoms with Gasteiger partial charge in [-0.25, -0.2) is 5.43 Å². The molecule has 6 nitrogen and oxygen atoms in total. The molecule has 0 aliphatic carbocycles. The molecule has 3 N–H and O–H groups in total. The number of methoxy groups -OCH3 is 1. The summed E-state index contributed by atoms with van der Waals surface area (Å²) in [6.45, 7) is 1.72. The van der Waals surface area contributed by atoms with Crippen LogP contribution in [0.2, 0.25) is 0 Å². The summed E-state index contributed by atoms with van der Waals surface area (Å²) in [6.07, 6.45) is 0.981. The predicted molar refractivity (Wildman–Crippen MR) is 104 cm³/mol. The van der Waals surface area contributed by atoms with Crippen molar-refractivity contribution in [3.63, 3.8) is 0 Å². The highest BCUT2D eigenvalue weighted by atomic mass is 16.5. The highest BCUT2D eigenvalue weighted by Gasteiger charge is 2.10. The highest BCUT2D eigenvalue weighted by molar-refractivity contribution is 6.02. The Morgan fingerprint density at radius 2 is 1.89 bits per heavy atom. The van der Waals surface area contributed by atoms with Gasteiger partial charge in [0, 0.05) is 11.1 Å². The number of carbonyl (C=O) groups excluding carboxylic acids is 1. The summed E-state index contributed by atoms with van der Waals surface area (Å²) in [4.78, 5) is 12.2. The van der Waals surface area contributed by atoms with Gasteiger partial charge in [-0.15, -0.1) is 0 Å². The Hall–Kier alpha value is -3.38. The number of hydrogen-bond acceptors (Lipinski definition) is 5. The third-order valence-corrected chi connectivity index (χ3v) is 4.25. The fourth-order valence-electron chi connectivity index (χ4n) is 2.87. The largest absolute Gasteiger partial charge is 0.504 e. The molecule has 0 radical (unpaired) electrons. The number of amides is 1. The quantitative estimate of drug-likeness (QED) is 0.478. The van der Waals surface area contributed by atoms with Crippen LogP contribution >= 0.6 is 0 Å². The number of fused-ring (bicyclic) bond motifs is 1. The van der Waals surface area contributed by atoms with E-state index >= 15 is 0 Å². The molecule has 0 saturated carbocycles. The van der Waals surface area contributed by atoms with Gasteiger partial charge in [0.05, 0.1) is 19.4 Å². The zero-order chi connectivity index (χ0) is 19.4. The summed E-state index contributed by atoms with van der Waals surface area (Å²) < 4.78 is 5.00. The lowest BCUT2D eigenvalue weighted by Gasteiger charge is -2.11. The van der Waals surface area contributed by atoms with Crippen LogP contribution in [0.3, 0.4) is 0 Å². The second-order valence-electron chi connectivity index (χ2n) is 6.05. The summed E-state index contributed by atoms with van der Waals surface area (Å²) in [5, 5.41) is 25.4. The molecular weight excluding hydrogens is 344 g/mol. The fourth-order valence-corrected chi connectivity index (χ4v) is 2.87. The van der Waals surface area contributed by atoms with Crippen molar-refractivity contribution in [2.24, 2.45) is 5.10 Å². The molecule has 138 valence electrons.